The molecule has 1 aliphatic rings. The van der Waals surface area contributed by atoms with E-state index in [2.05, 4.69) is 17.6 Å². The van der Waals surface area contributed by atoms with Crippen molar-refractivity contribution >= 4 is 5.91 Å². The van der Waals surface area contributed by atoms with Crippen LogP contribution >= 0.6 is 0 Å². The van der Waals surface area contributed by atoms with Gasteiger partial charge in [-0.05, 0) is 49.5 Å². The average Bonchev–Trinajstić information content (AvgIpc) is 2.40. The summed E-state index contributed by atoms with van der Waals surface area (Å²) in [5.41, 5.74) is 0.479. The SMILES string of the molecule is CC1(CNC(=O)c2ccc(O)c(O)c2)CCNCC1. The van der Waals surface area contributed by atoms with Gasteiger partial charge >= 0.3 is 0 Å². The average molecular weight is 264 g/mol. The first-order chi connectivity index (χ1) is 9.00. The Kier molecular flexibility index (Phi) is 3.95. The van der Waals surface area contributed by atoms with Crippen molar-refractivity contribution in [3.63, 3.8) is 0 Å². The second-order valence-electron chi connectivity index (χ2n) is 5.45. The maximum absolute atomic E-state index is 12.0. The van der Waals surface area contributed by atoms with Crippen molar-refractivity contribution in [2.75, 3.05) is 19.6 Å². The van der Waals surface area contributed by atoms with Gasteiger partial charge in [-0.1, -0.05) is 6.92 Å². The molecule has 0 aliphatic carbocycles. The Morgan fingerprint density at radius 2 is 2.00 bits per heavy atom. The first kappa shape index (κ1) is 13.7. The van der Waals surface area contributed by atoms with E-state index in [9.17, 15) is 15.0 Å². The minimum Gasteiger partial charge on any atom is -0.504 e. The third-order valence-electron chi connectivity index (χ3n) is 3.72. The molecule has 1 aromatic rings. The summed E-state index contributed by atoms with van der Waals surface area (Å²) in [6.07, 6.45) is 2.07. The Bertz CT molecular complexity index is 468. The monoisotopic (exact) mass is 264 g/mol. The third-order valence-corrected chi connectivity index (χ3v) is 3.72. The molecular formula is C14H20N2O3. The number of rotatable bonds is 3. The molecule has 1 amide bonds. The number of aromatic hydroxyl groups is 2. The highest BCUT2D eigenvalue weighted by molar-refractivity contribution is 5.94. The molecule has 1 heterocycles. The molecule has 1 aromatic carbocycles. The van der Waals surface area contributed by atoms with Gasteiger partial charge in [0, 0.05) is 12.1 Å². The van der Waals surface area contributed by atoms with Crippen molar-refractivity contribution in [3.8, 4) is 11.5 Å². The summed E-state index contributed by atoms with van der Waals surface area (Å²) in [7, 11) is 0. The fourth-order valence-corrected chi connectivity index (χ4v) is 2.27. The summed E-state index contributed by atoms with van der Waals surface area (Å²) in [5.74, 6) is -0.724. The molecule has 1 fully saturated rings. The Morgan fingerprint density at radius 3 is 2.63 bits per heavy atom. The Morgan fingerprint density at radius 1 is 1.32 bits per heavy atom. The number of hydrogen-bond donors (Lipinski definition) is 4. The number of benzene rings is 1. The van der Waals surface area contributed by atoms with E-state index in [4.69, 9.17) is 0 Å². The fourth-order valence-electron chi connectivity index (χ4n) is 2.27. The molecule has 0 radical (unpaired) electrons. The van der Waals surface area contributed by atoms with Gasteiger partial charge < -0.3 is 20.8 Å². The van der Waals surface area contributed by atoms with E-state index in [0.717, 1.165) is 25.9 Å². The van der Waals surface area contributed by atoms with E-state index in [0.29, 0.717) is 12.1 Å². The van der Waals surface area contributed by atoms with E-state index >= 15 is 0 Å². The lowest BCUT2D eigenvalue weighted by molar-refractivity contribution is 0.0922. The lowest BCUT2D eigenvalue weighted by Crippen LogP contribution is -2.42. The van der Waals surface area contributed by atoms with Crippen LogP contribution < -0.4 is 10.6 Å². The van der Waals surface area contributed by atoms with E-state index in [-0.39, 0.29) is 22.8 Å². The second-order valence-corrected chi connectivity index (χ2v) is 5.45. The molecule has 2 rings (SSSR count). The standard InChI is InChI=1S/C14H20N2O3/c1-14(4-6-15-7-5-14)9-16-13(19)10-2-3-11(17)12(18)8-10/h2-3,8,15,17-18H,4-7,9H2,1H3,(H,16,19). The highest BCUT2D eigenvalue weighted by atomic mass is 16.3. The number of carbonyl (C=O) groups is 1. The Balaban J connectivity index is 1.95. The molecule has 1 saturated heterocycles. The lowest BCUT2D eigenvalue weighted by atomic mass is 9.81. The van der Waals surface area contributed by atoms with Crippen molar-refractivity contribution in [1.29, 1.82) is 0 Å². The van der Waals surface area contributed by atoms with Crippen molar-refractivity contribution in [1.82, 2.24) is 10.6 Å². The predicted molar refractivity (Wildman–Crippen MR) is 72.3 cm³/mol. The normalized spacial score (nSPS) is 17.9. The van der Waals surface area contributed by atoms with Gasteiger partial charge in [-0.3, -0.25) is 4.79 Å². The number of piperidine rings is 1. The first-order valence-corrected chi connectivity index (χ1v) is 6.51. The zero-order chi connectivity index (χ0) is 13.9. The molecule has 0 saturated carbocycles. The van der Waals surface area contributed by atoms with Crippen molar-refractivity contribution < 1.29 is 15.0 Å². The minimum absolute atomic E-state index is 0.125. The van der Waals surface area contributed by atoms with Gasteiger partial charge in [0.2, 0.25) is 0 Å². The first-order valence-electron chi connectivity index (χ1n) is 6.51. The van der Waals surface area contributed by atoms with Crippen LogP contribution in [0.3, 0.4) is 0 Å². The van der Waals surface area contributed by atoms with Crippen LogP contribution in [0.1, 0.15) is 30.1 Å². The van der Waals surface area contributed by atoms with Crippen LogP contribution in [0, 0.1) is 5.41 Å². The fraction of sp³-hybridized carbons (Fsp3) is 0.500. The molecule has 0 bridgehead atoms. The van der Waals surface area contributed by atoms with Gasteiger partial charge in [0.05, 0.1) is 0 Å². The highest BCUT2D eigenvalue weighted by Gasteiger charge is 2.27. The maximum Gasteiger partial charge on any atom is 0.251 e. The number of carbonyl (C=O) groups excluding carboxylic acids is 1. The number of hydrogen-bond acceptors (Lipinski definition) is 4. The topological polar surface area (TPSA) is 81.6 Å². The zero-order valence-corrected chi connectivity index (χ0v) is 11.1. The molecule has 104 valence electrons. The van der Waals surface area contributed by atoms with E-state index in [1.807, 2.05) is 0 Å². The third kappa shape index (κ3) is 3.38. The minimum atomic E-state index is -0.277. The Labute approximate surface area is 112 Å². The van der Waals surface area contributed by atoms with Crippen molar-refractivity contribution in [2.24, 2.45) is 5.41 Å². The van der Waals surface area contributed by atoms with Crippen LogP contribution in [-0.2, 0) is 0 Å². The zero-order valence-electron chi connectivity index (χ0n) is 11.1. The summed E-state index contributed by atoms with van der Waals surface area (Å²) >= 11 is 0. The molecule has 0 aromatic heterocycles. The maximum atomic E-state index is 12.0. The molecule has 0 atom stereocenters. The van der Waals surface area contributed by atoms with Crippen LogP contribution in [0.4, 0.5) is 0 Å². The van der Waals surface area contributed by atoms with Gasteiger partial charge in [-0.15, -0.1) is 0 Å². The molecule has 4 N–H and O–H groups in total. The van der Waals surface area contributed by atoms with E-state index < -0.39 is 0 Å². The molecule has 5 heteroatoms. The van der Waals surface area contributed by atoms with Gasteiger partial charge in [-0.2, -0.15) is 0 Å². The number of amides is 1. The summed E-state index contributed by atoms with van der Waals surface area (Å²) in [4.78, 5) is 12.0. The quantitative estimate of drug-likeness (QED) is 0.619. The van der Waals surface area contributed by atoms with Crippen molar-refractivity contribution in [3.05, 3.63) is 23.8 Å². The van der Waals surface area contributed by atoms with Crippen LogP contribution in [0.15, 0.2) is 18.2 Å². The molecule has 0 unspecified atom stereocenters. The molecule has 0 spiro atoms. The van der Waals surface area contributed by atoms with Gasteiger partial charge in [-0.25, -0.2) is 0 Å². The molecular weight excluding hydrogens is 244 g/mol. The highest BCUT2D eigenvalue weighted by Crippen LogP contribution is 2.27. The summed E-state index contributed by atoms with van der Waals surface area (Å²) in [6.45, 7) is 4.75. The van der Waals surface area contributed by atoms with Crippen molar-refractivity contribution in [2.45, 2.75) is 19.8 Å². The van der Waals surface area contributed by atoms with Gasteiger partial charge in [0.25, 0.3) is 5.91 Å². The molecule has 1 aliphatic heterocycles. The predicted octanol–water partition coefficient (Wildman–Crippen LogP) is 1.22. The van der Waals surface area contributed by atoms with Crippen LogP contribution in [0.2, 0.25) is 0 Å². The van der Waals surface area contributed by atoms with Gasteiger partial charge in [0.15, 0.2) is 11.5 Å². The van der Waals surface area contributed by atoms with Crippen LogP contribution in [-0.4, -0.2) is 35.8 Å². The molecule has 5 nitrogen and oxygen atoms in total. The number of phenols is 2. The smallest absolute Gasteiger partial charge is 0.251 e. The van der Waals surface area contributed by atoms with Crippen LogP contribution in [0.25, 0.3) is 0 Å². The number of nitrogens with one attached hydrogen (secondary N) is 2. The number of phenolic OH excluding ortho intramolecular Hbond substituents is 2. The van der Waals surface area contributed by atoms with E-state index in [1.165, 1.54) is 18.2 Å². The lowest BCUT2D eigenvalue weighted by Gasteiger charge is -2.34. The van der Waals surface area contributed by atoms with E-state index in [1.54, 1.807) is 0 Å². The Hall–Kier alpha value is -1.75. The molecule has 19 heavy (non-hydrogen) atoms. The summed E-state index contributed by atoms with van der Waals surface area (Å²) in [5, 5.41) is 24.8. The largest absolute Gasteiger partial charge is 0.504 e. The van der Waals surface area contributed by atoms with Crippen LogP contribution in [0.5, 0.6) is 11.5 Å². The second kappa shape index (κ2) is 5.48. The van der Waals surface area contributed by atoms with Gasteiger partial charge in [0.1, 0.15) is 0 Å². The summed E-state index contributed by atoms with van der Waals surface area (Å²) in [6, 6.07) is 4.08. The summed E-state index contributed by atoms with van der Waals surface area (Å²) < 4.78 is 0.